The number of hydrogen-bond acceptors (Lipinski definition) is 3. The molecule has 7 heteroatoms. The quantitative estimate of drug-likeness (QED) is 0.511. The van der Waals surface area contributed by atoms with Crippen molar-refractivity contribution in [3.8, 4) is 11.5 Å². The zero-order valence-corrected chi connectivity index (χ0v) is 12.3. The Hall–Kier alpha value is -2.24. The molecule has 0 heterocycles. The maximum atomic E-state index is 7.58. The van der Waals surface area contributed by atoms with E-state index in [1.165, 1.54) is 6.07 Å². The lowest BCUT2D eigenvalue weighted by atomic mass is 10.1. The summed E-state index contributed by atoms with van der Waals surface area (Å²) in [5.41, 5.74) is 11.7. The van der Waals surface area contributed by atoms with Crippen LogP contribution >= 0.6 is 23.2 Å². The number of para-hydroxylation sites is 1. The number of amidine groups is 2. The molecule has 108 valence electrons. The molecule has 0 saturated heterocycles. The van der Waals surface area contributed by atoms with Gasteiger partial charge in [0.25, 0.3) is 0 Å². The first-order chi connectivity index (χ1) is 9.91. The molecule has 5 nitrogen and oxygen atoms in total. The molecule has 0 saturated carbocycles. The third-order valence-corrected chi connectivity index (χ3v) is 3.52. The van der Waals surface area contributed by atoms with Crippen molar-refractivity contribution in [3.63, 3.8) is 0 Å². The van der Waals surface area contributed by atoms with E-state index in [1.54, 1.807) is 30.3 Å². The molecule has 0 unspecified atom stereocenters. The van der Waals surface area contributed by atoms with Crippen molar-refractivity contribution in [2.24, 2.45) is 11.5 Å². The van der Waals surface area contributed by atoms with Gasteiger partial charge in [0.15, 0.2) is 5.75 Å². The second-order valence-corrected chi connectivity index (χ2v) is 4.95. The van der Waals surface area contributed by atoms with E-state index in [0.29, 0.717) is 16.9 Å². The molecule has 0 aliphatic heterocycles. The fourth-order valence-electron chi connectivity index (χ4n) is 1.73. The van der Waals surface area contributed by atoms with Gasteiger partial charge in [-0.05, 0) is 24.3 Å². The van der Waals surface area contributed by atoms with Crippen molar-refractivity contribution >= 4 is 34.9 Å². The molecule has 0 fully saturated rings. The van der Waals surface area contributed by atoms with E-state index < -0.39 is 0 Å². The Morgan fingerprint density at radius 1 is 0.905 bits per heavy atom. The molecule has 6 N–H and O–H groups in total. The summed E-state index contributed by atoms with van der Waals surface area (Å²) in [6.07, 6.45) is 0. The van der Waals surface area contributed by atoms with Gasteiger partial charge in [-0.25, -0.2) is 0 Å². The van der Waals surface area contributed by atoms with Gasteiger partial charge in [-0.2, -0.15) is 0 Å². The van der Waals surface area contributed by atoms with Crippen LogP contribution in [0.3, 0.4) is 0 Å². The number of nitrogens with one attached hydrogen (secondary N) is 2. The number of nitrogens with two attached hydrogens (primary N) is 2. The molecule has 0 spiro atoms. The van der Waals surface area contributed by atoms with Gasteiger partial charge in [0, 0.05) is 0 Å². The van der Waals surface area contributed by atoms with Crippen molar-refractivity contribution in [1.29, 1.82) is 10.8 Å². The minimum absolute atomic E-state index is 0.141. The van der Waals surface area contributed by atoms with Gasteiger partial charge < -0.3 is 16.2 Å². The number of ether oxygens (including phenoxy) is 1. The highest BCUT2D eigenvalue weighted by Crippen LogP contribution is 2.38. The fourth-order valence-corrected chi connectivity index (χ4v) is 2.08. The van der Waals surface area contributed by atoms with Crippen LogP contribution in [0.1, 0.15) is 11.1 Å². The van der Waals surface area contributed by atoms with Crippen LogP contribution in [0.5, 0.6) is 11.5 Å². The Morgan fingerprint density at radius 3 is 2.14 bits per heavy atom. The van der Waals surface area contributed by atoms with E-state index in [9.17, 15) is 0 Å². The van der Waals surface area contributed by atoms with Crippen molar-refractivity contribution in [2.75, 3.05) is 0 Å². The summed E-state index contributed by atoms with van der Waals surface area (Å²) in [7, 11) is 0. The highest BCUT2D eigenvalue weighted by Gasteiger charge is 2.17. The van der Waals surface area contributed by atoms with Crippen molar-refractivity contribution in [3.05, 3.63) is 57.6 Å². The molecule has 2 rings (SSSR count). The first-order valence-corrected chi connectivity index (χ1v) is 6.61. The molecule has 0 bridgehead atoms. The lowest BCUT2D eigenvalue weighted by molar-refractivity contribution is 0.480. The number of halogens is 2. The van der Waals surface area contributed by atoms with Crippen LogP contribution in [0, 0.1) is 10.8 Å². The highest BCUT2D eigenvalue weighted by atomic mass is 35.5. The molecule has 2 aromatic carbocycles. The zero-order valence-electron chi connectivity index (χ0n) is 10.8. The minimum Gasteiger partial charge on any atom is -0.454 e. The smallest absolute Gasteiger partial charge is 0.158 e. The first-order valence-electron chi connectivity index (χ1n) is 5.85. The minimum atomic E-state index is -0.205. The Labute approximate surface area is 131 Å². The summed E-state index contributed by atoms with van der Waals surface area (Å²) in [6, 6.07) is 9.82. The Kier molecular flexibility index (Phi) is 4.35. The molecule has 0 aliphatic rings. The van der Waals surface area contributed by atoms with Gasteiger partial charge in [-0.1, -0.05) is 35.3 Å². The van der Waals surface area contributed by atoms with Gasteiger partial charge in [-0.3, -0.25) is 10.8 Å². The predicted octanol–water partition coefficient (Wildman–Crippen LogP) is 3.35. The molecule has 0 radical (unpaired) electrons. The molecular formula is C14H12Cl2N4O. The Balaban J connectivity index is 2.57. The van der Waals surface area contributed by atoms with Crippen molar-refractivity contribution in [1.82, 2.24) is 0 Å². The van der Waals surface area contributed by atoms with Crippen molar-refractivity contribution in [2.45, 2.75) is 0 Å². The van der Waals surface area contributed by atoms with E-state index >= 15 is 0 Å². The maximum Gasteiger partial charge on any atom is 0.158 e. The summed E-state index contributed by atoms with van der Waals surface area (Å²) < 4.78 is 5.72. The SMILES string of the molecule is N=C(N)c1ccccc1Oc1c(C(=N)N)ccc(Cl)c1Cl. The standard InChI is InChI=1S/C14H12Cl2N4O/c15-9-6-5-8(14(19)20)12(11(9)16)21-10-4-2-1-3-7(10)13(17)18/h1-6H,(H3,17,18)(H3,19,20). The van der Waals surface area contributed by atoms with Gasteiger partial charge in [-0.15, -0.1) is 0 Å². The molecule has 2 aromatic rings. The highest BCUT2D eigenvalue weighted by molar-refractivity contribution is 6.43. The van der Waals surface area contributed by atoms with E-state index in [2.05, 4.69) is 0 Å². The van der Waals surface area contributed by atoms with Gasteiger partial charge in [0.1, 0.15) is 22.4 Å². The average molecular weight is 323 g/mol. The predicted molar refractivity (Wildman–Crippen MR) is 85.0 cm³/mol. The van der Waals surface area contributed by atoms with Crippen LogP contribution < -0.4 is 16.2 Å². The summed E-state index contributed by atoms with van der Waals surface area (Å²) in [5, 5.41) is 15.5. The van der Waals surface area contributed by atoms with Crippen LogP contribution in [0.2, 0.25) is 10.0 Å². The summed E-state index contributed by atoms with van der Waals surface area (Å²) in [4.78, 5) is 0. The zero-order chi connectivity index (χ0) is 15.6. The monoisotopic (exact) mass is 322 g/mol. The van der Waals surface area contributed by atoms with E-state index in [1.807, 2.05) is 0 Å². The van der Waals surface area contributed by atoms with Crippen molar-refractivity contribution < 1.29 is 4.74 Å². The molecule has 0 atom stereocenters. The van der Waals surface area contributed by atoms with Crippen LogP contribution in [0.25, 0.3) is 0 Å². The third kappa shape index (κ3) is 3.09. The van der Waals surface area contributed by atoms with Crippen LogP contribution in [0.4, 0.5) is 0 Å². The second-order valence-electron chi connectivity index (χ2n) is 4.16. The largest absolute Gasteiger partial charge is 0.454 e. The number of hydrogen-bond donors (Lipinski definition) is 4. The third-order valence-electron chi connectivity index (χ3n) is 2.73. The second kappa shape index (κ2) is 6.03. The van der Waals surface area contributed by atoms with Crippen LogP contribution in [0.15, 0.2) is 36.4 Å². The average Bonchev–Trinajstić information content (AvgIpc) is 2.44. The Morgan fingerprint density at radius 2 is 1.52 bits per heavy atom. The molecule has 0 aromatic heterocycles. The van der Waals surface area contributed by atoms with Gasteiger partial charge in [0.2, 0.25) is 0 Å². The Bertz CT molecular complexity index is 731. The van der Waals surface area contributed by atoms with Gasteiger partial charge >= 0.3 is 0 Å². The fraction of sp³-hybridized carbons (Fsp3) is 0. The number of nitrogen functional groups attached to an aromatic ring is 2. The topological polar surface area (TPSA) is 109 Å². The molecule has 21 heavy (non-hydrogen) atoms. The molecular weight excluding hydrogens is 311 g/mol. The van der Waals surface area contributed by atoms with E-state index in [-0.39, 0.29) is 27.5 Å². The number of benzene rings is 2. The van der Waals surface area contributed by atoms with Crippen LogP contribution in [-0.2, 0) is 0 Å². The van der Waals surface area contributed by atoms with E-state index in [4.69, 9.17) is 50.2 Å². The summed E-state index contributed by atoms with van der Waals surface area (Å²) in [6.45, 7) is 0. The van der Waals surface area contributed by atoms with Crippen LogP contribution in [-0.4, -0.2) is 11.7 Å². The molecule has 0 aliphatic carbocycles. The first kappa shape index (κ1) is 15.2. The normalized spacial score (nSPS) is 10.2. The lowest BCUT2D eigenvalue weighted by Gasteiger charge is -2.15. The summed E-state index contributed by atoms with van der Waals surface area (Å²) >= 11 is 12.1. The lowest BCUT2D eigenvalue weighted by Crippen LogP contribution is -2.14. The molecule has 0 amide bonds. The summed E-state index contributed by atoms with van der Waals surface area (Å²) in [5.74, 6) is 0.138. The van der Waals surface area contributed by atoms with Gasteiger partial charge in [0.05, 0.1) is 16.1 Å². The maximum absolute atomic E-state index is 7.58. The number of rotatable bonds is 4. The van der Waals surface area contributed by atoms with E-state index in [0.717, 1.165) is 0 Å².